The molecular weight excluding hydrogens is 156 g/mol. The summed E-state index contributed by atoms with van der Waals surface area (Å²) in [5, 5.41) is 0. The van der Waals surface area contributed by atoms with Gasteiger partial charge in [-0.25, -0.2) is 0 Å². The van der Waals surface area contributed by atoms with Crippen molar-refractivity contribution in [1.29, 1.82) is 0 Å². The summed E-state index contributed by atoms with van der Waals surface area (Å²) >= 11 is 0. The van der Waals surface area contributed by atoms with Crippen LogP contribution >= 0.6 is 0 Å². The second-order valence-electron chi connectivity index (χ2n) is 5.98. The number of allylic oxidation sites excluding steroid dienone is 4. The van der Waals surface area contributed by atoms with Crippen molar-refractivity contribution in [2.24, 2.45) is 16.2 Å². The summed E-state index contributed by atoms with van der Waals surface area (Å²) in [7, 11) is 0. The van der Waals surface area contributed by atoms with Crippen molar-refractivity contribution in [3.63, 3.8) is 0 Å². The fraction of sp³-hybridized carbons (Fsp3) is 0.692. The second kappa shape index (κ2) is 2.73. The molecule has 0 fully saturated rings. The quantitative estimate of drug-likeness (QED) is 0.525. The van der Waals surface area contributed by atoms with Gasteiger partial charge in [0.25, 0.3) is 0 Å². The summed E-state index contributed by atoms with van der Waals surface area (Å²) in [5.74, 6) is 0. The molecule has 0 spiro atoms. The highest BCUT2D eigenvalue weighted by Crippen LogP contribution is 2.54. The van der Waals surface area contributed by atoms with Gasteiger partial charge in [0.1, 0.15) is 0 Å². The lowest BCUT2D eigenvalue weighted by atomic mass is 9.55. The summed E-state index contributed by atoms with van der Waals surface area (Å²) < 4.78 is 0. The molecule has 0 atom stereocenters. The van der Waals surface area contributed by atoms with Crippen LogP contribution < -0.4 is 0 Å². The molecule has 0 unspecified atom stereocenters. The van der Waals surface area contributed by atoms with E-state index in [4.69, 9.17) is 0 Å². The maximum absolute atomic E-state index is 3.51. The third kappa shape index (κ3) is 1.47. The van der Waals surface area contributed by atoms with Gasteiger partial charge in [-0.15, -0.1) is 0 Å². The minimum Gasteiger partial charge on any atom is -0.0729 e. The summed E-state index contributed by atoms with van der Waals surface area (Å²) in [6.07, 6.45) is 9.99. The molecule has 1 radical (unpaired) electrons. The Morgan fingerprint density at radius 3 is 1.54 bits per heavy atom. The highest BCUT2D eigenvalue weighted by atomic mass is 14.5. The third-order valence-corrected chi connectivity index (χ3v) is 3.12. The molecule has 1 aliphatic carbocycles. The molecule has 13 heavy (non-hydrogen) atoms. The average molecular weight is 177 g/mol. The molecule has 0 nitrogen and oxygen atoms in total. The summed E-state index contributed by atoms with van der Waals surface area (Å²) in [6, 6.07) is 0. The van der Waals surface area contributed by atoms with Crippen LogP contribution in [0.15, 0.2) is 18.2 Å². The molecule has 0 aromatic heterocycles. The minimum atomic E-state index is 0.0833. The van der Waals surface area contributed by atoms with Crippen molar-refractivity contribution in [1.82, 2.24) is 0 Å². The smallest absolute Gasteiger partial charge is 0.0235 e. The van der Waals surface area contributed by atoms with E-state index < -0.39 is 0 Å². The maximum Gasteiger partial charge on any atom is 0.0235 e. The van der Waals surface area contributed by atoms with Gasteiger partial charge in [0, 0.05) is 5.41 Å². The third-order valence-electron chi connectivity index (χ3n) is 3.12. The standard InChI is InChI=1S/C13H21/c1-11(2,3)13(12(4,5)6)9-7-8-10-13/h7-9H,1-6H3. The maximum atomic E-state index is 3.51. The van der Waals surface area contributed by atoms with Crippen LogP contribution in [0.5, 0.6) is 0 Å². The van der Waals surface area contributed by atoms with Gasteiger partial charge in [0.05, 0.1) is 0 Å². The van der Waals surface area contributed by atoms with Crippen molar-refractivity contribution in [3.8, 4) is 0 Å². The average Bonchev–Trinajstić information content (AvgIpc) is 2.28. The van der Waals surface area contributed by atoms with E-state index in [-0.39, 0.29) is 16.2 Å². The first kappa shape index (κ1) is 10.6. The van der Waals surface area contributed by atoms with Crippen molar-refractivity contribution < 1.29 is 0 Å². The molecule has 0 saturated carbocycles. The van der Waals surface area contributed by atoms with Crippen LogP contribution in [0.1, 0.15) is 41.5 Å². The summed E-state index contributed by atoms with van der Waals surface area (Å²) in [6.45, 7) is 13.7. The predicted octanol–water partition coefficient (Wildman–Crippen LogP) is 3.99. The minimum absolute atomic E-state index is 0.0833. The van der Waals surface area contributed by atoms with E-state index in [0.29, 0.717) is 0 Å². The summed E-state index contributed by atoms with van der Waals surface area (Å²) in [4.78, 5) is 0. The van der Waals surface area contributed by atoms with E-state index >= 15 is 0 Å². The van der Waals surface area contributed by atoms with Crippen molar-refractivity contribution >= 4 is 0 Å². The molecule has 0 aromatic rings. The Labute approximate surface area is 82.7 Å². The molecule has 0 saturated heterocycles. The van der Waals surface area contributed by atoms with Gasteiger partial charge >= 0.3 is 0 Å². The molecule has 0 heteroatoms. The Kier molecular flexibility index (Phi) is 2.22. The van der Waals surface area contributed by atoms with E-state index in [0.717, 1.165) is 0 Å². The Bertz CT molecular complexity index is 212. The highest BCUT2D eigenvalue weighted by molar-refractivity contribution is 5.26. The molecule has 1 rings (SSSR count). The van der Waals surface area contributed by atoms with E-state index in [2.05, 4.69) is 65.8 Å². The van der Waals surface area contributed by atoms with Crippen molar-refractivity contribution in [3.05, 3.63) is 24.3 Å². The molecule has 73 valence electrons. The monoisotopic (exact) mass is 177 g/mol. The molecule has 0 N–H and O–H groups in total. The zero-order valence-corrected chi connectivity index (χ0v) is 9.73. The molecule has 1 aliphatic rings. The van der Waals surface area contributed by atoms with Crippen LogP contribution in [0.4, 0.5) is 0 Å². The number of rotatable bonds is 0. The van der Waals surface area contributed by atoms with E-state index in [1.54, 1.807) is 0 Å². The Balaban J connectivity index is 3.19. The number of hydrogen-bond donors (Lipinski definition) is 0. The molecule has 0 heterocycles. The number of hydrogen-bond acceptors (Lipinski definition) is 0. The van der Waals surface area contributed by atoms with Gasteiger partial charge < -0.3 is 0 Å². The van der Waals surface area contributed by atoms with Gasteiger partial charge in [-0.05, 0) is 16.9 Å². The van der Waals surface area contributed by atoms with E-state index in [1.165, 1.54) is 0 Å². The van der Waals surface area contributed by atoms with Gasteiger partial charge in [0.2, 0.25) is 0 Å². The SMILES string of the molecule is CC(C)(C)C1(C(C)(C)C)[C]=CC=C1. The predicted molar refractivity (Wildman–Crippen MR) is 58.3 cm³/mol. The van der Waals surface area contributed by atoms with Crippen LogP contribution in [0.25, 0.3) is 0 Å². The second-order valence-corrected chi connectivity index (χ2v) is 5.98. The van der Waals surface area contributed by atoms with Crippen molar-refractivity contribution in [2.75, 3.05) is 0 Å². The zero-order valence-electron chi connectivity index (χ0n) is 9.73. The molecule has 0 aromatic carbocycles. The highest BCUT2D eigenvalue weighted by Gasteiger charge is 2.47. The Morgan fingerprint density at radius 2 is 1.38 bits per heavy atom. The normalized spacial score (nSPS) is 21.1. The van der Waals surface area contributed by atoms with Crippen LogP contribution in [0.3, 0.4) is 0 Å². The van der Waals surface area contributed by atoms with E-state index in [9.17, 15) is 0 Å². The topological polar surface area (TPSA) is 0 Å². The lowest BCUT2D eigenvalue weighted by molar-refractivity contribution is 0.0620. The fourth-order valence-electron chi connectivity index (χ4n) is 2.48. The first-order valence-corrected chi connectivity index (χ1v) is 4.99. The summed E-state index contributed by atoms with van der Waals surface area (Å²) in [5.41, 5.74) is 0.545. The van der Waals surface area contributed by atoms with Crippen LogP contribution in [0, 0.1) is 22.3 Å². The van der Waals surface area contributed by atoms with Crippen molar-refractivity contribution in [2.45, 2.75) is 41.5 Å². The van der Waals surface area contributed by atoms with Crippen LogP contribution in [-0.4, -0.2) is 0 Å². The molecule has 0 aliphatic heterocycles. The van der Waals surface area contributed by atoms with Gasteiger partial charge in [-0.1, -0.05) is 59.8 Å². The lowest BCUT2D eigenvalue weighted by Gasteiger charge is -2.48. The molecule has 0 amide bonds. The van der Waals surface area contributed by atoms with E-state index in [1.807, 2.05) is 0 Å². The largest absolute Gasteiger partial charge is 0.0729 e. The first-order valence-electron chi connectivity index (χ1n) is 4.99. The Morgan fingerprint density at radius 1 is 0.923 bits per heavy atom. The van der Waals surface area contributed by atoms with Crippen LogP contribution in [0.2, 0.25) is 0 Å². The first-order chi connectivity index (χ1) is 5.71. The Hall–Kier alpha value is -0.520. The van der Waals surface area contributed by atoms with Gasteiger partial charge in [0.15, 0.2) is 0 Å². The fourth-order valence-corrected chi connectivity index (χ4v) is 2.48. The zero-order chi connectivity index (χ0) is 10.3. The molecular formula is C13H21. The molecule has 0 bridgehead atoms. The van der Waals surface area contributed by atoms with Crippen LogP contribution in [-0.2, 0) is 0 Å². The van der Waals surface area contributed by atoms with Gasteiger partial charge in [-0.2, -0.15) is 0 Å². The lowest BCUT2D eigenvalue weighted by Crippen LogP contribution is -2.42. The van der Waals surface area contributed by atoms with Gasteiger partial charge in [-0.3, -0.25) is 0 Å².